The molecule has 7 nitrogen and oxygen atoms in total. The monoisotopic (exact) mass is 481 g/mol. The number of benzene rings is 2. The van der Waals surface area contributed by atoms with Crippen LogP contribution in [0.2, 0.25) is 0 Å². The first-order chi connectivity index (χ1) is 16.2. The van der Waals surface area contributed by atoms with Crippen LogP contribution in [-0.2, 0) is 10.0 Å². The van der Waals surface area contributed by atoms with E-state index in [4.69, 9.17) is 0 Å². The molecule has 4 rings (SSSR count). The molecule has 1 aromatic heterocycles. The Hall–Kier alpha value is -2.78. The summed E-state index contributed by atoms with van der Waals surface area (Å²) in [4.78, 5) is 4.17. The van der Waals surface area contributed by atoms with Crippen molar-refractivity contribution < 1.29 is 18.6 Å². The molecule has 2 aromatic carbocycles. The van der Waals surface area contributed by atoms with Crippen molar-refractivity contribution >= 4 is 16.1 Å². The van der Waals surface area contributed by atoms with Gasteiger partial charge in [0.05, 0.1) is 18.9 Å². The predicted octanol–water partition coefficient (Wildman–Crippen LogP) is 3.65. The number of aliphatic hydroxyl groups is 2. The van der Waals surface area contributed by atoms with Crippen LogP contribution in [0.5, 0.6) is 0 Å². The molecule has 0 unspecified atom stereocenters. The summed E-state index contributed by atoms with van der Waals surface area (Å²) in [5.41, 5.74) is 4.48. The van der Waals surface area contributed by atoms with Gasteiger partial charge < -0.3 is 14.8 Å². The van der Waals surface area contributed by atoms with Gasteiger partial charge in [-0.2, -0.15) is 0 Å². The molecule has 1 saturated carbocycles. The Morgan fingerprint density at radius 1 is 1.12 bits per heavy atom. The molecule has 1 aliphatic rings. The minimum atomic E-state index is -3.15. The van der Waals surface area contributed by atoms with Gasteiger partial charge in [-0.25, -0.2) is 18.1 Å². The van der Waals surface area contributed by atoms with Gasteiger partial charge >= 0.3 is 0 Å². The largest absolute Gasteiger partial charge is 0.394 e. The molecule has 180 valence electrons. The summed E-state index contributed by atoms with van der Waals surface area (Å²) in [5, 5.41) is 19.7. The first-order valence-corrected chi connectivity index (χ1v) is 13.3. The molecule has 0 radical (unpaired) electrons. The van der Waals surface area contributed by atoms with Gasteiger partial charge in [0, 0.05) is 18.4 Å². The summed E-state index contributed by atoms with van der Waals surface area (Å²) in [6.07, 6.45) is 9.39. The quantitative estimate of drug-likeness (QED) is 0.433. The van der Waals surface area contributed by atoms with Crippen molar-refractivity contribution in [3.05, 3.63) is 84.0 Å². The molecular weight excluding hydrogens is 450 g/mol. The summed E-state index contributed by atoms with van der Waals surface area (Å²) in [7, 11) is -3.15. The minimum Gasteiger partial charge on any atom is -0.394 e. The van der Waals surface area contributed by atoms with Gasteiger partial charge in [-0.1, -0.05) is 60.7 Å². The van der Waals surface area contributed by atoms with Crippen LogP contribution in [0.15, 0.2) is 67.0 Å². The second kappa shape index (κ2) is 10.2. The number of aliphatic hydroxyl groups excluding tert-OH is 2. The van der Waals surface area contributed by atoms with Gasteiger partial charge in [0.1, 0.15) is 11.9 Å². The van der Waals surface area contributed by atoms with Crippen molar-refractivity contribution in [3.63, 3.8) is 0 Å². The number of nitrogens with one attached hydrogen (secondary N) is 1. The van der Waals surface area contributed by atoms with E-state index in [0.29, 0.717) is 11.7 Å². The van der Waals surface area contributed by atoms with Crippen molar-refractivity contribution in [3.8, 4) is 11.1 Å². The Kier molecular flexibility index (Phi) is 7.33. The number of hydrogen-bond acceptors (Lipinski definition) is 5. The highest BCUT2D eigenvalue weighted by atomic mass is 32.2. The lowest BCUT2D eigenvalue weighted by molar-refractivity contribution is 0.175. The molecule has 2 atom stereocenters. The molecule has 0 spiro atoms. The van der Waals surface area contributed by atoms with Crippen LogP contribution in [0.25, 0.3) is 17.2 Å². The first-order valence-electron chi connectivity index (χ1n) is 11.4. The maximum atomic E-state index is 11.3. The summed E-state index contributed by atoms with van der Waals surface area (Å²) in [6, 6.07) is 16.4. The van der Waals surface area contributed by atoms with Crippen molar-refractivity contribution in [2.45, 2.75) is 43.9 Å². The SMILES string of the molecule is C[C@H](O)c1nccn1[C@@H](/C=C/c1ccc(-c2ccc(C3CC(NS(C)(=O)=O)C3)cc2)cc1)CO. The second-order valence-corrected chi connectivity index (χ2v) is 10.8. The number of rotatable bonds is 9. The highest BCUT2D eigenvalue weighted by Crippen LogP contribution is 2.37. The van der Waals surface area contributed by atoms with Crippen LogP contribution < -0.4 is 4.72 Å². The maximum Gasteiger partial charge on any atom is 0.208 e. The predicted molar refractivity (Wildman–Crippen MR) is 134 cm³/mol. The fourth-order valence-electron chi connectivity index (χ4n) is 4.42. The van der Waals surface area contributed by atoms with Crippen molar-refractivity contribution in [2.24, 2.45) is 0 Å². The molecule has 1 heterocycles. The molecule has 0 aliphatic heterocycles. The fraction of sp³-hybridized carbons (Fsp3) is 0.346. The zero-order valence-electron chi connectivity index (χ0n) is 19.4. The summed E-state index contributed by atoms with van der Waals surface area (Å²) >= 11 is 0. The molecular formula is C26H31N3O4S. The van der Waals surface area contributed by atoms with E-state index >= 15 is 0 Å². The van der Waals surface area contributed by atoms with E-state index in [0.717, 1.165) is 29.5 Å². The third-order valence-electron chi connectivity index (χ3n) is 6.27. The number of imidazole rings is 1. The highest BCUT2D eigenvalue weighted by Gasteiger charge is 2.31. The number of hydrogen-bond donors (Lipinski definition) is 3. The summed E-state index contributed by atoms with van der Waals surface area (Å²) < 4.78 is 27.1. The number of sulfonamides is 1. The Labute approximate surface area is 200 Å². The average molecular weight is 482 g/mol. The normalized spacial score (nSPS) is 20.2. The van der Waals surface area contributed by atoms with Crippen molar-refractivity contribution in [1.29, 1.82) is 0 Å². The molecule has 3 aromatic rings. The second-order valence-electron chi connectivity index (χ2n) is 8.98. The lowest BCUT2D eigenvalue weighted by Gasteiger charge is -2.35. The van der Waals surface area contributed by atoms with E-state index in [1.807, 2.05) is 24.3 Å². The Balaban J connectivity index is 1.38. The van der Waals surface area contributed by atoms with Gasteiger partial charge in [0.2, 0.25) is 10.0 Å². The standard InChI is InChI=1S/C26H31N3O4S/c1-18(31)26-27-13-14-29(26)25(17-30)12-5-19-3-6-20(7-4-19)21-8-10-22(11-9-21)23-15-24(16-23)28-34(2,32)33/h3-14,18,23-25,28,30-31H,15-17H2,1-2H3/b12-5+/t18-,23?,24?,25-/m0/s1. The van der Waals surface area contributed by atoms with E-state index in [9.17, 15) is 18.6 Å². The van der Waals surface area contributed by atoms with Crippen LogP contribution in [0, 0.1) is 0 Å². The van der Waals surface area contributed by atoms with E-state index in [1.54, 1.807) is 23.9 Å². The number of nitrogens with zero attached hydrogens (tertiary/aromatic N) is 2. The molecule has 3 N–H and O–H groups in total. The van der Waals surface area contributed by atoms with E-state index in [-0.39, 0.29) is 18.7 Å². The molecule has 0 saturated heterocycles. The van der Waals surface area contributed by atoms with Crippen LogP contribution in [0.3, 0.4) is 0 Å². The maximum absolute atomic E-state index is 11.3. The Morgan fingerprint density at radius 3 is 2.29 bits per heavy atom. The zero-order valence-corrected chi connectivity index (χ0v) is 20.2. The third kappa shape index (κ3) is 5.82. The van der Waals surface area contributed by atoms with Crippen molar-refractivity contribution in [2.75, 3.05) is 12.9 Å². The van der Waals surface area contributed by atoms with Crippen LogP contribution in [-0.4, -0.2) is 47.1 Å². The molecule has 1 fully saturated rings. The van der Waals surface area contributed by atoms with E-state index in [2.05, 4.69) is 46.1 Å². The fourth-order valence-corrected chi connectivity index (χ4v) is 5.21. The van der Waals surface area contributed by atoms with E-state index in [1.165, 1.54) is 11.8 Å². The number of aromatic nitrogens is 2. The molecule has 34 heavy (non-hydrogen) atoms. The molecule has 8 heteroatoms. The van der Waals surface area contributed by atoms with Gasteiger partial charge in [-0.05, 0) is 47.9 Å². The highest BCUT2D eigenvalue weighted by molar-refractivity contribution is 7.88. The Morgan fingerprint density at radius 2 is 1.74 bits per heavy atom. The van der Waals surface area contributed by atoms with Crippen LogP contribution >= 0.6 is 0 Å². The third-order valence-corrected chi connectivity index (χ3v) is 7.03. The Bertz CT molecular complexity index is 1230. The first kappa shape index (κ1) is 24.3. The average Bonchev–Trinajstić information content (AvgIpc) is 3.27. The smallest absolute Gasteiger partial charge is 0.208 e. The molecule has 1 aliphatic carbocycles. The topological polar surface area (TPSA) is 104 Å². The molecule has 0 amide bonds. The van der Waals surface area contributed by atoms with Gasteiger partial charge in [-0.15, -0.1) is 0 Å². The molecule has 0 bridgehead atoms. The summed E-state index contributed by atoms with van der Waals surface area (Å²) in [6.45, 7) is 1.56. The van der Waals surface area contributed by atoms with Gasteiger partial charge in [-0.3, -0.25) is 0 Å². The minimum absolute atomic E-state index is 0.0399. The van der Waals surface area contributed by atoms with E-state index < -0.39 is 16.1 Å². The van der Waals surface area contributed by atoms with Crippen LogP contribution in [0.1, 0.15) is 54.8 Å². The van der Waals surface area contributed by atoms with Crippen LogP contribution in [0.4, 0.5) is 0 Å². The van der Waals surface area contributed by atoms with Gasteiger partial charge in [0.15, 0.2) is 0 Å². The lowest BCUT2D eigenvalue weighted by Crippen LogP contribution is -2.42. The summed E-state index contributed by atoms with van der Waals surface area (Å²) in [5.74, 6) is 0.914. The lowest BCUT2D eigenvalue weighted by atomic mass is 9.76. The van der Waals surface area contributed by atoms with Crippen molar-refractivity contribution in [1.82, 2.24) is 14.3 Å². The zero-order chi connectivity index (χ0) is 24.3. The van der Waals surface area contributed by atoms with Gasteiger partial charge in [0.25, 0.3) is 0 Å².